The number of furan rings is 1. The summed E-state index contributed by atoms with van der Waals surface area (Å²) in [5, 5.41) is 0. The maximum absolute atomic E-state index is 5.64. The molecule has 0 aliphatic rings. The summed E-state index contributed by atoms with van der Waals surface area (Å²) in [4.78, 5) is 0. The Morgan fingerprint density at radius 1 is 1.28 bits per heavy atom. The van der Waals surface area contributed by atoms with Crippen LogP contribution in [0.3, 0.4) is 0 Å². The van der Waals surface area contributed by atoms with Crippen LogP contribution in [0.4, 0.5) is 0 Å². The molecule has 3 N–H and O–H groups in total. The summed E-state index contributed by atoms with van der Waals surface area (Å²) in [6, 6.07) is 11.5. The van der Waals surface area contributed by atoms with Gasteiger partial charge in [0.15, 0.2) is 0 Å². The van der Waals surface area contributed by atoms with Crippen molar-refractivity contribution >= 4 is 15.9 Å². The number of hydrogen-bond donors (Lipinski definition) is 2. The van der Waals surface area contributed by atoms with Gasteiger partial charge in [-0.05, 0) is 27.6 Å². The fourth-order valence-corrected chi connectivity index (χ4v) is 2.38. The van der Waals surface area contributed by atoms with Crippen molar-refractivity contribution in [3.63, 3.8) is 0 Å². The van der Waals surface area contributed by atoms with E-state index in [9.17, 15) is 0 Å². The molecule has 96 valence electrons. The number of nitrogens with one attached hydrogen (secondary N) is 1. The van der Waals surface area contributed by atoms with E-state index in [1.54, 1.807) is 13.4 Å². The Bertz CT molecular complexity index is 487. The van der Waals surface area contributed by atoms with E-state index in [1.165, 1.54) is 0 Å². The number of methoxy groups -OCH3 is 1. The molecule has 4 nitrogen and oxygen atoms in total. The first-order chi connectivity index (χ1) is 8.77. The van der Waals surface area contributed by atoms with Gasteiger partial charge in [-0.3, -0.25) is 5.84 Å². The van der Waals surface area contributed by atoms with Crippen LogP contribution in [0.25, 0.3) is 0 Å². The number of benzene rings is 1. The van der Waals surface area contributed by atoms with E-state index in [0.717, 1.165) is 10.0 Å². The smallest absolute Gasteiger partial charge is 0.139 e. The highest BCUT2D eigenvalue weighted by molar-refractivity contribution is 9.10. The Kier molecular flexibility index (Phi) is 4.54. The highest BCUT2D eigenvalue weighted by atomic mass is 79.9. The molecule has 1 aromatic heterocycles. The Labute approximate surface area is 114 Å². The lowest BCUT2D eigenvalue weighted by Crippen LogP contribution is -2.33. The number of rotatable bonds is 5. The van der Waals surface area contributed by atoms with Crippen LogP contribution in [0.5, 0.6) is 0 Å². The van der Waals surface area contributed by atoms with Crippen LogP contribution in [0.1, 0.15) is 23.5 Å². The fraction of sp³-hybridized carbons (Fsp3) is 0.231. The second-order valence-electron chi connectivity index (χ2n) is 3.84. The van der Waals surface area contributed by atoms with Gasteiger partial charge in [-0.15, -0.1) is 0 Å². The lowest BCUT2D eigenvalue weighted by atomic mass is 10.0. The van der Waals surface area contributed by atoms with Crippen molar-refractivity contribution < 1.29 is 9.15 Å². The maximum atomic E-state index is 5.64. The van der Waals surface area contributed by atoms with Gasteiger partial charge in [0.05, 0.1) is 10.7 Å². The Hall–Kier alpha value is -1.14. The number of halogens is 1. The molecule has 0 spiro atoms. The minimum absolute atomic E-state index is 0.223. The first kappa shape index (κ1) is 13.3. The summed E-state index contributed by atoms with van der Waals surface area (Å²) >= 11 is 3.43. The summed E-state index contributed by atoms with van der Waals surface area (Å²) in [6.45, 7) is 0. The van der Waals surface area contributed by atoms with Gasteiger partial charge in [-0.25, -0.2) is 5.43 Å². The normalized spacial score (nSPS) is 14.4. The quantitative estimate of drug-likeness (QED) is 0.658. The minimum Gasteiger partial charge on any atom is -0.466 e. The number of ether oxygens (including phenoxy) is 1. The molecule has 0 bridgehead atoms. The first-order valence-electron chi connectivity index (χ1n) is 5.54. The molecule has 2 aromatic rings. The van der Waals surface area contributed by atoms with E-state index in [2.05, 4.69) is 21.4 Å². The molecule has 0 amide bonds. The van der Waals surface area contributed by atoms with Crippen molar-refractivity contribution in [3.05, 3.63) is 58.5 Å². The molecule has 2 unspecified atom stereocenters. The van der Waals surface area contributed by atoms with Crippen molar-refractivity contribution in [3.8, 4) is 0 Å². The molecule has 0 saturated heterocycles. The second-order valence-corrected chi connectivity index (χ2v) is 4.70. The molecule has 0 fully saturated rings. The zero-order valence-corrected chi connectivity index (χ0v) is 11.6. The fourth-order valence-electron chi connectivity index (χ4n) is 1.94. The van der Waals surface area contributed by atoms with E-state index in [4.69, 9.17) is 15.0 Å². The van der Waals surface area contributed by atoms with Crippen LogP contribution < -0.4 is 11.3 Å². The molecular formula is C13H15BrN2O2. The van der Waals surface area contributed by atoms with Gasteiger partial charge in [0, 0.05) is 7.11 Å². The monoisotopic (exact) mass is 310 g/mol. The number of hydrogen-bond acceptors (Lipinski definition) is 4. The largest absolute Gasteiger partial charge is 0.466 e. The van der Waals surface area contributed by atoms with E-state index in [1.807, 2.05) is 36.4 Å². The average molecular weight is 311 g/mol. The van der Waals surface area contributed by atoms with Crippen LogP contribution in [0.15, 0.2) is 51.6 Å². The SMILES string of the molecule is COC(c1ccccc1)C(NN)c1occc1Br. The second kappa shape index (κ2) is 6.15. The van der Waals surface area contributed by atoms with Crippen molar-refractivity contribution in [1.82, 2.24) is 5.43 Å². The molecular weight excluding hydrogens is 296 g/mol. The Morgan fingerprint density at radius 2 is 2.00 bits per heavy atom. The zero-order chi connectivity index (χ0) is 13.0. The van der Waals surface area contributed by atoms with E-state index in [-0.39, 0.29) is 12.1 Å². The molecule has 0 aliphatic carbocycles. The van der Waals surface area contributed by atoms with Gasteiger partial charge in [0.2, 0.25) is 0 Å². The van der Waals surface area contributed by atoms with Gasteiger partial charge in [0.25, 0.3) is 0 Å². The Morgan fingerprint density at radius 3 is 2.50 bits per heavy atom. The van der Waals surface area contributed by atoms with Crippen LogP contribution in [-0.4, -0.2) is 7.11 Å². The van der Waals surface area contributed by atoms with E-state index in [0.29, 0.717) is 5.76 Å². The standard InChI is InChI=1S/C13H15BrN2O2/c1-17-12(9-5-3-2-4-6-9)11(16-15)13-10(14)7-8-18-13/h2-8,11-12,16H,15H2,1H3. The molecule has 0 saturated carbocycles. The summed E-state index contributed by atoms with van der Waals surface area (Å²) in [5.41, 5.74) is 3.78. The lowest BCUT2D eigenvalue weighted by molar-refractivity contribution is 0.0599. The molecule has 2 rings (SSSR count). The van der Waals surface area contributed by atoms with Gasteiger partial charge < -0.3 is 9.15 Å². The van der Waals surface area contributed by atoms with Crippen LogP contribution >= 0.6 is 15.9 Å². The van der Waals surface area contributed by atoms with Gasteiger partial charge >= 0.3 is 0 Å². The van der Waals surface area contributed by atoms with Crippen LogP contribution in [-0.2, 0) is 4.74 Å². The highest BCUT2D eigenvalue weighted by Gasteiger charge is 2.27. The molecule has 18 heavy (non-hydrogen) atoms. The summed E-state index contributed by atoms with van der Waals surface area (Å²) in [6.07, 6.45) is 1.39. The van der Waals surface area contributed by atoms with Crippen LogP contribution in [0.2, 0.25) is 0 Å². The summed E-state index contributed by atoms with van der Waals surface area (Å²) in [5.74, 6) is 6.35. The first-order valence-corrected chi connectivity index (χ1v) is 6.34. The van der Waals surface area contributed by atoms with E-state index < -0.39 is 0 Å². The summed E-state index contributed by atoms with van der Waals surface area (Å²) in [7, 11) is 1.65. The van der Waals surface area contributed by atoms with Gasteiger partial charge in [-0.2, -0.15) is 0 Å². The van der Waals surface area contributed by atoms with Gasteiger partial charge in [-0.1, -0.05) is 30.3 Å². The molecule has 0 radical (unpaired) electrons. The van der Waals surface area contributed by atoms with Crippen molar-refractivity contribution in [2.24, 2.45) is 5.84 Å². The third-order valence-electron chi connectivity index (χ3n) is 2.79. The molecule has 0 aliphatic heterocycles. The van der Waals surface area contributed by atoms with Gasteiger partial charge in [0.1, 0.15) is 17.9 Å². The topological polar surface area (TPSA) is 60.4 Å². The lowest BCUT2D eigenvalue weighted by Gasteiger charge is -2.24. The predicted molar refractivity (Wildman–Crippen MR) is 72.7 cm³/mol. The molecule has 1 heterocycles. The van der Waals surface area contributed by atoms with Crippen LogP contribution in [0, 0.1) is 0 Å². The maximum Gasteiger partial charge on any atom is 0.139 e. The number of hydrazine groups is 1. The zero-order valence-electron chi connectivity index (χ0n) is 9.97. The molecule has 1 aromatic carbocycles. The third-order valence-corrected chi connectivity index (χ3v) is 3.45. The Balaban J connectivity index is 2.34. The summed E-state index contributed by atoms with van der Waals surface area (Å²) < 4.78 is 11.9. The average Bonchev–Trinajstić information content (AvgIpc) is 2.83. The highest BCUT2D eigenvalue weighted by Crippen LogP contribution is 2.35. The van der Waals surface area contributed by atoms with E-state index >= 15 is 0 Å². The van der Waals surface area contributed by atoms with Crippen molar-refractivity contribution in [2.75, 3.05) is 7.11 Å². The van der Waals surface area contributed by atoms with Crippen molar-refractivity contribution in [1.29, 1.82) is 0 Å². The third kappa shape index (κ3) is 2.64. The molecule has 2 atom stereocenters. The number of nitrogens with two attached hydrogens (primary N) is 1. The minimum atomic E-state index is -0.262. The van der Waals surface area contributed by atoms with Crippen molar-refractivity contribution in [2.45, 2.75) is 12.1 Å². The predicted octanol–water partition coefficient (Wildman–Crippen LogP) is 2.93. The molecule has 5 heteroatoms.